The second kappa shape index (κ2) is 5.52. The number of carbonyl (C=O) groups excluding carboxylic acids is 1. The molecular formula is C12H9Cl2NO3. The van der Waals surface area contributed by atoms with E-state index in [1.807, 2.05) is 0 Å². The molecule has 0 aliphatic carbocycles. The molecule has 0 amide bonds. The maximum Gasteiger partial charge on any atom is 0.237 e. The first-order chi connectivity index (χ1) is 8.63. The molecule has 0 radical (unpaired) electrons. The summed E-state index contributed by atoms with van der Waals surface area (Å²) < 4.78 is 9.65. The van der Waals surface area contributed by atoms with E-state index in [1.54, 1.807) is 24.3 Å². The molecule has 0 unspecified atom stereocenters. The maximum absolute atomic E-state index is 11.9. The van der Waals surface area contributed by atoms with Crippen molar-refractivity contribution < 1.29 is 14.1 Å². The average Bonchev–Trinajstić information content (AvgIpc) is 2.72. The van der Waals surface area contributed by atoms with Crippen molar-refractivity contribution in [2.45, 2.75) is 0 Å². The predicted octanol–water partition coefficient (Wildman–Crippen LogP) is 3.48. The fraction of sp³-hybridized carbons (Fsp3) is 0.167. The Bertz CT molecular complexity index is 563. The van der Waals surface area contributed by atoms with Crippen molar-refractivity contribution in [2.75, 3.05) is 13.7 Å². The fourth-order valence-electron chi connectivity index (χ4n) is 1.52. The Morgan fingerprint density at radius 3 is 2.61 bits per heavy atom. The molecule has 0 aliphatic rings. The first-order valence-corrected chi connectivity index (χ1v) is 5.82. The molecule has 0 bridgehead atoms. The predicted molar refractivity (Wildman–Crippen MR) is 68.2 cm³/mol. The maximum atomic E-state index is 11.9. The summed E-state index contributed by atoms with van der Waals surface area (Å²) in [5, 5.41) is 4.35. The molecule has 6 heteroatoms. The highest BCUT2D eigenvalue weighted by atomic mass is 35.5. The van der Waals surface area contributed by atoms with Gasteiger partial charge in [-0.2, -0.15) is 0 Å². The third-order valence-electron chi connectivity index (χ3n) is 2.32. The van der Waals surface area contributed by atoms with Crippen LogP contribution < -0.4 is 0 Å². The van der Waals surface area contributed by atoms with E-state index < -0.39 is 0 Å². The zero-order valence-electron chi connectivity index (χ0n) is 9.44. The van der Waals surface area contributed by atoms with Gasteiger partial charge in [0.1, 0.15) is 17.9 Å². The molecule has 0 aliphatic heterocycles. The van der Waals surface area contributed by atoms with Gasteiger partial charge in [-0.15, -0.1) is 0 Å². The van der Waals surface area contributed by atoms with Gasteiger partial charge >= 0.3 is 0 Å². The first-order valence-electron chi connectivity index (χ1n) is 5.06. The van der Waals surface area contributed by atoms with Crippen LogP contribution in [0.2, 0.25) is 10.2 Å². The number of methoxy groups -OCH3 is 1. The lowest BCUT2D eigenvalue weighted by Crippen LogP contribution is -2.07. The summed E-state index contributed by atoms with van der Waals surface area (Å²) in [6, 6.07) is 6.87. The van der Waals surface area contributed by atoms with Crippen LogP contribution in [0.15, 0.2) is 28.8 Å². The standard InChI is InChI=1S/C12H9Cl2NO3/c1-17-6-9(16)10-11(15-18-12(10)14)7-2-4-8(13)5-3-7/h2-5H,6H2,1H3. The van der Waals surface area contributed by atoms with Gasteiger partial charge in [-0.1, -0.05) is 28.9 Å². The van der Waals surface area contributed by atoms with Crippen LogP contribution in [0.1, 0.15) is 10.4 Å². The molecule has 1 aromatic carbocycles. The minimum atomic E-state index is -0.284. The Balaban J connectivity index is 2.45. The molecule has 94 valence electrons. The van der Waals surface area contributed by atoms with Crippen LogP contribution in [0.5, 0.6) is 0 Å². The fourth-order valence-corrected chi connectivity index (χ4v) is 1.88. The molecular weight excluding hydrogens is 277 g/mol. The molecule has 0 spiro atoms. The monoisotopic (exact) mass is 285 g/mol. The van der Waals surface area contributed by atoms with E-state index in [4.69, 9.17) is 32.5 Å². The lowest BCUT2D eigenvalue weighted by atomic mass is 10.1. The van der Waals surface area contributed by atoms with Gasteiger partial charge in [-0.3, -0.25) is 4.79 Å². The zero-order chi connectivity index (χ0) is 13.1. The van der Waals surface area contributed by atoms with Gasteiger partial charge in [0.2, 0.25) is 5.22 Å². The van der Waals surface area contributed by atoms with E-state index in [0.717, 1.165) is 0 Å². The van der Waals surface area contributed by atoms with Gasteiger partial charge in [0, 0.05) is 17.7 Å². The number of carbonyl (C=O) groups is 1. The molecule has 0 N–H and O–H groups in total. The third-order valence-corrected chi connectivity index (χ3v) is 2.83. The van der Waals surface area contributed by atoms with Crippen molar-refractivity contribution in [3.63, 3.8) is 0 Å². The van der Waals surface area contributed by atoms with Gasteiger partial charge in [-0.25, -0.2) is 0 Å². The Hall–Kier alpha value is -1.36. The summed E-state index contributed by atoms with van der Waals surface area (Å²) >= 11 is 11.6. The number of aromatic nitrogens is 1. The third kappa shape index (κ3) is 2.56. The van der Waals surface area contributed by atoms with Crippen LogP contribution >= 0.6 is 23.2 Å². The van der Waals surface area contributed by atoms with E-state index in [2.05, 4.69) is 5.16 Å². The van der Waals surface area contributed by atoms with Crippen molar-refractivity contribution in [1.82, 2.24) is 5.16 Å². The van der Waals surface area contributed by atoms with E-state index in [-0.39, 0.29) is 23.2 Å². The number of Topliss-reactive ketones (excluding diaryl/α,β-unsaturated/α-hetero) is 1. The van der Waals surface area contributed by atoms with Crippen molar-refractivity contribution in [3.8, 4) is 11.3 Å². The molecule has 1 aromatic heterocycles. The molecule has 0 fully saturated rings. The van der Waals surface area contributed by atoms with Gasteiger partial charge in [-0.05, 0) is 23.7 Å². The second-order valence-electron chi connectivity index (χ2n) is 3.54. The van der Waals surface area contributed by atoms with Crippen molar-refractivity contribution >= 4 is 29.0 Å². The van der Waals surface area contributed by atoms with Crippen LogP contribution in [0.4, 0.5) is 0 Å². The molecule has 1 heterocycles. The van der Waals surface area contributed by atoms with Crippen LogP contribution in [0.25, 0.3) is 11.3 Å². The first kappa shape index (κ1) is 13.1. The molecule has 0 saturated carbocycles. The summed E-state index contributed by atoms with van der Waals surface area (Å²) in [5.74, 6) is -0.284. The minimum Gasteiger partial charge on any atom is -0.377 e. The summed E-state index contributed by atoms with van der Waals surface area (Å²) in [4.78, 5) is 11.9. The number of hydrogen-bond acceptors (Lipinski definition) is 4. The van der Waals surface area contributed by atoms with E-state index in [0.29, 0.717) is 16.3 Å². The van der Waals surface area contributed by atoms with E-state index in [1.165, 1.54) is 7.11 Å². The van der Waals surface area contributed by atoms with Crippen LogP contribution in [0.3, 0.4) is 0 Å². The number of rotatable bonds is 4. The summed E-state index contributed by atoms with van der Waals surface area (Å²) in [7, 11) is 1.43. The van der Waals surface area contributed by atoms with Crippen molar-refractivity contribution in [2.24, 2.45) is 0 Å². The highest BCUT2D eigenvalue weighted by Gasteiger charge is 2.22. The lowest BCUT2D eigenvalue weighted by Gasteiger charge is -2.01. The van der Waals surface area contributed by atoms with Crippen LogP contribution in [-0.4, -0.2) is 24.7 Å². The van der Waals surface area contributed by atoms with Crippen molar-refractivity contribution in [3.05, 3.63) is 40.1 Å². The quantitative estimate of drug-likeness (QED) is 0.807. The largest absolute Gasteiger partial charge is 0.377 e. The number of nitrogens with zero attached hydrogens (tertiary/aromatic N) is 1. The summed E-state index contributed by atoms with van der Waals surface area (Å²) in [6.45, 7) is -0.0818. The van der Waals surface area contributed by atoms with Gasteiger partial charge < -0.3 is 9.26 Å². The highest BCUT2D eigenvalue weighted by molar-refractivity contribution is 6.33. The zero-order valence-corrected chi connectivity index (χ0v) is 11.0. The Morgan fingerprint density at radius 1 is 1.33 bits per heavy atom. The molecule has 0 saturated heterocycles. The second-order valence-corrected chi connectivity index (χ2v) is 4.32. The van der Waals surface area contributed by atoms with E-state index in [9.17, 15) is 4.79 Å². The number of ether oxygens (including phenoxy) is 1. The SMILES string of the molecule is COCC(=O)c1c(-c2ccc(Cl)cc2)noc1Cl. The Labute approximate surface area is 113 Å². The molecule has 18 heavy (non-hydrogen) atoms. The van der Waals surface area contributed by atoms with Gasteiger partial charge in [0.25, 0.3) is 0 Å². The number of ketones is 1. The summed E-state index contributed by atoms with van der Waals surface area (Å²) in [6.07, 6.45) is 0. The van der Waals surface area contributed by atoms with E-state index >= 15 is 0 Å². The smallest absolute Gasteiger partial charge is 0.237 e. The number of benzene rings is 1. The minimum absolute atomic E-state index is 0.0398. The summed E-state index contributed by atoms with van der Waals surface area (Å²) in [5.41, 5.74) is 1.31. The number of hydrogen-bond donors (Lipinski definition) is 0. The van der Waals surface area contributed by atoms with Gasteiger partial charge in [0.15, 0.2) is 5.78 Å². The topological polar surface area (TPSA) is 52.3 Å². The van der Waals surface area contributed by atoms with Crippen LogP contribution in [0, 0.1) is 0 Å². The average molecular weight is 286 g/mol. The van der Waals surface area contributed by atoms with Gasteiger partial charge in [0.05, 0.1) is 0 Å². The molecule has 2 aromatic rings. The molecule has 0 atom stereocenters. The molecule has 4 nitrogen and oxygen atoms in total. The lowest BCUT2D eigenvalue weighted by molar-refractivity contribution is 0.0848. The van der Waals surface area contributed by atoms with Crippen molar-refractivity contribution in [1.29, 1.82) is 0 Å². The normalized spacial score (nSPS) is 10.6. The Morgan fingerprint density at radius 2 is 2.00 bits per heavy atom. The molecule has 2 rings (SSSR count). The highest BCUT2D eigenvalue weighted by Crippen LogP contribution is 2.29. The van der Waals surface area contributed by atoms with Crippen LogP contribution in [-0.2, 0) is 4.74 Å². The Kier molecular flexibility index (Phi) is 4.01. The number of halogens is 2.